The van der Waals surface area contributed by atoms with Crippen LogP contribution in [0.25, 0.3) is 0 Å². The van der Waals surface area contributed by atoms with E-state index in [1.807, 2.05) is 6.92 Å². The molecule has 0 aromatic carbocycles. The molecule has 0 amide bonds. The maximum absolute atomic E-state index is 10.9. The van der Waals surface area contributed by atoms with Crippen LogP contribution in [0, 0.1) is 30.6 Å². The second-order valence-corrected chi connectivity index (χ2v) is 7.09. The molecule has 4 saturated carbocycles. The molecule has 0 atom stereocenters. The summed E-state index contributed by atoms with van der Waals surface area (Å²) < 4.78 is 5.86. The highest BCUT2D eigenvalue weighted by Gasteiger charge is 2.50. The van der Waals surface area contributed by atoms with E-state index in [1.54, 1.807) is 0 Å². The summed E-state index contributed by atoms with van der Waals surface area (Å²) >= 11 is 0. The monoisotopic (exact) mass is 275 g/mol. The van der Waals surface area contributed by atoms with Gasteiger partial charge in [0.05, 0.1) is 5.69 Å². The molecule has 0 aliphatic heterocycles. The maximum Gasteiger partial charge on any atom is 0.311 e. The van der Waals surface area contributed by atoms with E-state index in [4.69, 9.17) is 9.52 Å². The van der Waals surface area contributed by atoms with E-state index in [9.17, 15) is 4.79 Å². The number of aliphatic carboxylic acids is 1. The Morgan fingerprint density at radius 3 is 2.35 bits per heavy atom. The number of carbonyl (C=O) groups is 1. The summed E-state index contributed by atoms with van der Waals surface area (Å²) in [4.78, 5) is 15.4. The molecule has 20 heavy (non-hydrogen) atoms. The van der Waals surface area contributed by atoms with Gasteiger partial charge in [-0.25, -0.2) is 4.98 Å². The first-order chi connectivity index (χ1) is 9.60. The minimum atomic E-state index is -0.846. The fourth-order valence-corrected chi connectivity index (χ4v) is 5.22. The number of carboxylic acids is 1. The number of nitrogens with zero attached hydrogens (tertiary/aromatic N) is 1. The molecule has 1 aromatic heterocycles. The summed E-state index contributed by atoms with van der Waals surface area (Å²) in [6, 6.07) is 0. The van der Waals surface area contributed by atoms with Gasteiger partial charge in [-0.1, -0.05) is 0 Å². The van der Waals surface area contributed by atoms with E-state index in [-0.39, 0.29) is 6.42 Å². The second kappa shape index (κ2) is 4.34. The molecule has 0 spiro atoms. The largest absolute Gasteiger partial charge is 0.481 e. The predicted molar refractivity (Wildman–Crippen MR) is 72.4 cm³/mol. The zero-order valence-corrected chi connectivity index (χ0v) is 11.8. The summed E-state index contributed by atoms with van der Waals surface area (Å²) in [6.45, 7) is 1.86. The molecule has 5 rings (SSSR count). The van der Waals surface area contributed by atoms with E-state index in [0.29, 0.717) is 11.7 Å². The molecule has 4 aliphatic rings. The quantitative estimate of drug-likeness (QED) is 0.920. The Morgan fingerprint density at radius 2 is 1.80 bits per heavy atom. The molecule has 1 heterocycles. The van der Waals surface area contributed by atoms with Crippen molar-refractivity contribution in [1.82, 2.24) is 4.98 Å². The van der Waals surface area contributed by atoms with Crippen molar-refractivity contribution in [3.05, 3.63) is 17.3 Å². The summed E-state index contributed by atoms with van der Waals surface area (Å²) in [6.07, 6.45) is 6.70. The molecule has 108 valence electrons. The maximum atomic E-state index is 10.9. The van der Waals surface area contributed by atoms with Crippen LogP contribution in [0.4, 0.5) is 0 Å². The first kappa shape index (κ1) is 12.4. The Labute approximate surface area is 118 Å². The molecule has 0 radical (unpaired) electrons. The number of carboxylic acid groups (broad SMARTS) is 1. The van der Waals surface area contributed by atoms with Crippen molar-refractivity contribution < 1.29 is 14.3 Å². The number of aromatic nitrogens is 1. The lowest BCUT2D eigenvalue weighted by molar-refractivity contribution is -0.136. The van der Waals surface area contributed by atoms with Crippen molar-refractivity contribution in [3.63, 3.8) is 0 Å². The lowest BCUT2D eigenvalue weighted by Crippen LogP contribution is -2.43. The van der Waals surface area contributed by atoms with Crippen LogP contribution in [0.3, 0.4) is 0 Å². The summed E-state index contributed by atoms with van der Waals surface area (Å²) in [5, 5.41) is 8.93. The number of hydrogen-bond donors (Lipinski definition) is 1. The van der Waals surface area contributed by atoms with Gasteiger partial charge in [0.2, 0.25) is 0 Å². The minimum Gasteiger partial charge on any atom is -0.481 e. The van der Waals surface area contributed by atoms with Gasteiger partial charge in [-0.3, -0.25) is 4.79 Å². The van der Waals surface area contributed by atoms with Gasteiger partial charge < -0.3 is 9.52 Å². The zero-order chi connectivity index (χ0) is 13.9. The minimum absolute atomic E-state index is 0.0495. The highest BCUT2D eigenvalue weighted by atomic mass is 16.4. The first-order valence-corrected chi connectivity index (χ1v) is 7.78. The standard InChI is InChI=1S/C16H21NO3/c1-8-13(7-14(18)19)20-16(17-8)15-11-3-9-2-10(5-11)6-12(15)4-9/h9-12,15H,2-7H2,1H3,(H,18,19). The van der Waals surface area contributed by atoms with E-state index >= 15 is 0 Å². The predicted octanol–water partition coefficient (Wildman–Crippen LogP) is 3.15. The van der Waals surface area contributed by atoms with E-state index < -0.39 is 5.97 Å². The zero-order valence-electron chi connectivity index (χ0n) is 11.8. The van der Waals surface area contributed by atoms with Gasteiger partial charge in [-0.15, -0.1) is 0 Å². The van der Waals surface area contributed by atoms with Crippen molar-refractivity contribution in [3.8, 4) is 0 Å². The van der Waals surface area contributed by atoms with Crippen LogP contribution in [0.5, 0.6) is 0 Å². The fraction of sp³-hybridized carbons (Fsp3) is 0.750. The summed E-state index contributed by atoms with van der Waals surface area (Å²) in [7, 11) is 0. The highest BCUT2D eigenvalue weighted by molar-refractivity contribution is 5.69. The first-order valence-electron chi connectivity index (χ1n) is 7.78. The van der Waals surface area contributed by atoms with Gasteiger partial charge in [-0.05, 0) is 62.7 Å². The van der Waals surface area contributed by atoms with Gasteiger partial charge >= 0.3 is 5.97 Å². The van der Waals surface area contributed by atoms with Gasteiger partial charge in [0.25, 0.3) is 0 Å². The van der Waals surface area contributed by atoms with Crippen LogP contribution in [-0.2, 0) is 11.2 Å². The average Bonchev–Trinajstić information content (AvgIpc) is 2.68. The summed E-state index contributed by atoms with van der Waals surface area (Å²) in [5.41, 5.74) is 0.760. The molecule has 4 bridgehead atoms. The number of hydrogen-bond acceptors (Lipinski definition) is 3. The normalized spacial score (nSPS) is 38.4. The number of oxazole rings is 1. The van der Waals surface area contributed by atoms with Crippen LogP contribution in [0.15, 0.2) is 4.42 Å². The third-order valence-electron chi connectivity index (χ3n) is 5.73. The van der Waals surface area contributed by atoms with Gasteiger partial charge in [0.15, 0.2) is 5.89 Å². The fourth-order valence-electron chi connectivity index (χ4n) is 5.22. The lowest BCUT2D eigenvalue weighted by Gasteiger charge is -2.53. The van der Waals surface area contributed by atoms with Crippen LogP contribution in [0.2, 0.25) is 0 Å². The molecule has 0 unspecified atom stereocenters. The van der Waals surface area contributed by atoms with E-state index in [0.717, 1.165) is 35.3 Å². The van der Waals surface area contributed by atoms with Gasteiger partial charge in [0.1, 0.15) is 12.2 Å². The van der Waals surface area contributed by atoms with Gasteiger partial charge in [0, 0.05) is 5.92 Å². The molecule has 4 aliphatic carbocycles. The molecular weight excluding hydrogens is 254 g/mol. The third kappa shape index (κ3) is 1.88. The molecular formula is C16H21NO3. The van der Waals surface area contributed by atoms with E-state index in [1.165, 1.54) is 32.1 Å². The Morgan fingerprint density at radius 1 is 1.20 bits per heavy atom. The Balaban J connectivity index is 1.63. The van der Waals surface area contributed by atoms with Crippen LogP contribution in [-0.4, -0.2) is 16.1 Å². The van der Waals surface area contributed by atoms with Crippen LogP contribution in [0.1, 0.15) is 55.4 Å². The van der Waals surface area contributed by atoms with Crippen LogP contribution < -0.4 is 0 Å². The van der Waals surface area contributed by atoms with Crippen molar-refractivity contribution in [2.24, 2.45) is 23.7 Å². The van der Waals surface area contributed by atoms with Crippen LogP contribution >= 0.6 is 0 Å². The Hall–Kier alpha value is -1.32. The Kier molecular flexibility index (Phi) is 2.69. The van der Waals surface area contributed by atoms with Crippen molar-refractivity contribution >= 4 is 5.97 Å². The Bertz CT molecular complexity index is 520. The van der Waals surface area contributed by atoms with Crippen molar-refractivity contribution in [2.75, 3.05) is 0 Å². The van der Waals surface area contributed by atoms with Gasteiger partial charge in [-0.2, -0.15) is 0 Å². The smallest absolute Gasteiger partial charge is 0.311 e. The number of rotatable bonds is 3. The number of aryl methyl sites for hydroxylation is 1. The molecule has 4 fully saturated rings. The molecule has 1 N–H and O–H groups in total. The molecule has 1 aromatic rings. The highest BCUT2D eigenvalue weighted by Crippen LogP contribution is 2.59. The van der Waals surface area contributed by atoms with Crippen molar-refractivity contribution in [2.45, 2.75) is 51.4 Å². The molecule has 4 nitrogen and oxygen atoms in total. The molecule has 0 saturated heterocycles. The third-order valence-corrected chi connectivity index (χ3v) is 5.73. The summed E-state index contributed by atoms with van der Waals surface area (Å²) in [5.74, 6) is 4.29. The lowest BCUT2D eigenvalue weighted by atomic mass is 9.52. The van der Waals surface area contributed by atoms with E-state index in [2.05, 4.69) is 4.98 Å². The second-order valence-electron chi connectivity index (χ2n) is 7.09. The van der Waals surface area contributed by atoms with Crippen molar-refractivity contribution in [1.29, 1.82) is 0 Å². The SMILES string of the molecule is Cc1nc(C2C3CC4CC(C3)CC2C4)oc1CC(=O)O. The topological polar surface area (TPSA) is 63.3 Å². The molecule has 4 heteroatoms. The average molecular weight is 275 g/mol.